The molecule has 32 valence electrons. The van der Waals surface area contributed by atoms with Crippen LogP contribution in [-0.4, -0.2) is 10.2 Å². The molecule has 0 aliphatic rings. The second kappa shape index (κ2) is 3.90. The normalized spacial score (nSPS) is 4.67. The third-order valence-corrected chi connectivity index (χ3v) is 0.212. The molecule has 6 heavy (non-hydrogen) atoms. The Morgan fingerprint density at radius 3 is 1.50 bits per heavy atom. The molecule has 0 heterocycles. The van der Waals surface area contributed by atoms with E-state index in [2.05, 4.69) is 11.5 Å². The molecule has 0 bridgehead atoms. The maximum absolute atomic E-state index is 7.77. The molecule has 2 heteroatoms. The molecule has 0 aromatic carbocycles. The summed E-state index contributed by atoms with van der Waals surface area (Å²) in [5.74, 6) is 0. The molecule has 2 N–H and O–H groups in total. The van der Waals surface area contributed by atoms with Crippen molar-refractivity contribution in [3.05, 3.63) is 24.0 Å². The number of rotatable bonds is 0. The third-order valence-electron chi connectivity index (χ3n) is 0.212. The Kier molecular flexibility index (Phi) is 3.19. The van der Waals surface area contributed by atoms with Gasteiger partial charge in [0.25, 0.3) is 0 Å². The second-order valence-corrected chi connectivity index (χ2v) is 0.547. The van der Waals surface area contributed by atoms with Gasteiger partial charge in [-0.05, 0) is 11.5 Å². The van der Waals surface area contributed by atoms with Crippen molar-refractivity contribution in [3.63, 3.8) is 0 Å². The van der Waals surface area contributed by atoms with Crippen molar-refractivity contribution < 1.29 is 10.2 Å². The van der Waals surface area contributed by atoms with E-state index in [-0.39, 0.29) is 0 Å². The third kappa shape index (κ3) is 2.90. The molecule has 0 aromatic rings. The zero-order valence-electron chi connectivity index (χ0n) is 3.05. The molecule has 0 amide bonds. The van der Waals surface area contributed by atoms with Crippen LogP contribution in [0, 0.1) is 0 Å². The highest BCUT2D eigenvalue weighted by molar-refractivity contribution is 4.74. The standard InChI is InChI=1S/C4H4O2/c5-3-1-2-4-6/h3-6H. The predicted octanol–water partition coefficient (Wildman–Crippen LogP) is 0.884. The molecule has 0 aliphatic carbocycles. The Hall–Kier alpha value is -1.10. The monoisotopic (exact) mass is 84.0 g/mol. The first kappa shape index (κ1) is 4.90. The van der Waals surface area contributed by atoms with E-state index in [9.17, 15) is 0 Å². The number of hydrogen-bond acceptors (Lipinski definition) is 2. The SMILES string of the molecule is OC=C=C=CO. The van der Waals surface area contributed by atoms with Crippen LogP contribution in [0.3, 0.4) is 0 Å². The van der Waals surface area contributed by atoms with E-state index in [0.717, 1.165) is 0 Å². The zero-order chi connectivity index (χ0) is 4.83. The highest BCUT2D eigenvalue weighted by atomic mass is 16.2. The van der Waals surface area contributed by atoms with Gasteiger partial charge in [0.2, 0.25) is 0 Å². The zero-order valence-corrected chi connectivity index (χ0v) is 3.05. The Morgan fingerprint density at radius 1 is 1.00 bits per heavy atom. The quantitative estimate of drug-likeness (QED) is 0.338. The average Bonchev–Trinajstić information content (AvgIpc) is 1.61. The summed E-state index contributed by atoms with van der Waals surface area (Å²) in [5, 5.41) is 15.5. The van der Waals surface area contributed by atoms with Crippen LogP contribution in [0.25, 0.3) is 0 Å². The smallest absolute Gasteiger partial charge is 0.129 e. The first-order valence-corrected chi connectivity index (χ1v) is 1.34. The predicted molar refractivity (Wildman–Crippen MR) is 21.4 cm³/mol. The molecule has 0 radical (unpaired) electrons. The molecule has 0 saturated heterocycles. The Morgan fingerprint density at radius 2 is 1.33 bits per heavy atom. The van der Waals surface area contributed by atoms with Gasteiger partial charge in [-0.15, -0.1) is 0 Å². The highest BCUT2D eigenvalue weighted by Gasteiger charge is 1.38. The van der Waals surface area contributed by atoms with Crippen molar-refractivity contribution in [3.8, 4) is 0 Å². The fourth-order valence-corrected chi connectivity index (χ4v) is 0.0745. The van der Waals surface area contributed by atoms with Gasteiger partial charge in [0.05, 0.1) is 0 Å². The maximum atomic E-state index is 7.77. The lowest BCUT2D eigenvalue weighted by atomic mass is 10.8. The largest absolute Gasteiger partial charge is 0.507 e. The van der Waals surface area contributed by atoms with E-state index in [1.807, 2.05) is 0 Å². The number of hydrogen-bond donors (Lipinski definition) is 2. The molecule has 0 fully saturated rings. The van der Waals surface area contributed by atoms with E-state index >= 15 is 0 Å². The van der Waals surface area contributed by atoms with Crippen molar-refractivity contribution in [1.82, 2.24) is 0 Å². The van der Waals surface area contributed by atoms with Gasteiger partial charge in [0.1, 0.15) is 12.5 Å². The molecule has 0 aromatic heterocycles. The summed E-state index contributed by atoms with van der Waals surface area (Å²) >= 11 is 0. The Balaban J connectivity index is 3.79. The molecular weight excluding hydrogens is 80.0 g/mol. The van der Waals surface area contributed by atoms with E-state index in [1.165, 1.54) is 0 Å². The molecular formula is C4H4O2. The summed E-state index contributed by atoms with van der Waals surface area (Å²) in [4.78, 5) is 0. The van der Waals surface area contributed by atoms with E-state index in [4.69, 9.17) is 10.2 Å². The summed E-state index contributed by atoms with van der Waals surface area (Å²) in [6, 6.07) is 0. The summed E-state index contributed by atoms with van der Waals surface area (Å²) in [7, 11) is 0. The molecule has 0 spiro atoms. The summed E-state index contributed by atoms with van der Waals surface area (Å²) in [6.45, 7) is 0. The van der Waals surface area contributed by atoms with Gasteiger partial charge in [-0.1, -0.05) is 0 Å². The molecule has 2 nitrogen and oxygen atoms in total. The van der Waals surface area contributed by atoms with Crippen LogP contribution in [0.2, 0.25) is 0 Å². The fourth-order valence-electron chi connectivity index (χ4n) is 0.0745. The minimum Gasteiger partial charge on any atom is -0.507 e. The summed E-state index contributed by atoms with van der Waals surface area (Å²) < 4.78 is 0. The molecule has 0 aliphatic heterocycles. The first-order valence-electron chi connectivity index (χ1n) is 1.34. The molecule has 0 unspecified atom stereocenters. The lowest BCUT2D eigenvalue weighted by Crippen LogP contribution is -1.37. The van der Waals surface area contributed by atoms with Crippen molar-refractivity contribution in [1.29, 1.82) is 0 Å². The topological polar surface area (TPSA) is 40.5 Å². The van der Waals surface area contributed by atoms with Crippen LogP contribution < -0.4 is 0 Å². The molecule has 0 saturated carbocycles. The number of aliphatic hydroxyl groups is 2. The van der Waals surface area contributed by atoms with Crippen molar-refractivity contribution in [2.45, 2.75) is 0 Å². The van der Waals surface area contributed by atoms with Crippen molar-refractivity contribution in [2.75, 3.05) is 0 Å². The lowest BCUT2D eigenvalue weighted by molar-refractivity contribution is 0.470. The van der Waals surface area contributed by atoms with Gasteiger partial charge in [0.15, 0.2) is 0 Å². The van der Waals surface area contributed by atoms with Crippen LogP contribution in [0.1, 0.15) is 0 Å². The maximum Gasteiger partial charge on any atom is 0.129 e. The van der Waals surface area contributed by atoms with Crippen LogP contribution in [0.5, 0.6) is 0 Å². The Labute approximate surface area is 35.4 Å². The van der Waals surface area contributed by atoms with E-state index in [1.54, 1.807) is 0 Å². The van der Waals surface area contributed by atoms with E-state index in [0.29, 0.717) is 12.5 Å². The van der Waals surface area contributed by atoms with Gasteiger partial charge in [0, 0.05) is 0 Å². The van der Waals surface area contributed by atoms with Crippen LogP contribution >= 0.6 is 0 Å². The minimum absolute atomic E-state index is 0.659. The van der Waals surface area contributed by atoms with Gasteiger partial charge >= 0.3 is 0 Å². The number of aliphatic hydroxyl groups excluding tert-OH is 2. The average molecular weight is 84.1 g/mol. The van der Waals surface area contributed by atoms with E-state index < -0.39 is 0 Å². The van der Waals surface area contributed by atoms with Crippen LogP contribution in [0.15, 0.2) is 24.0 Å². The van der Waals surface area contributed by atoms with Gasteiger partial charge in [-0.2, -0.15) is 0 Å². The fraction of sp³-hybridized carbons (Fsp3) is 0. The molecule has 0 rings (SSSR count). The second-order valence-electron chi connectivity index (χ2n) is 0.547. The molecule has 0 atom stereocenters. The van der Waals surface area contributed by atoms with Gasteiger partial charge in [-0.25, -0.2) is 0 Å². The van der Waals surface area contributed by atoms with Crippen LogP contribution in [-0.2, 0) is 0 Å². The Bertz CT molecular complexity index is 88.7. The van der Waals surface area contributed by atoms with Crippen molar-refractivity contribution in [2.24, 2.45) is 0 Å². The lowest BCUT2D eigenvalue weighted by Gasteiger charge is -1.51. The van der Waals surface area contributed by atoms with Gasteiger partial charge in [-0.3, -0.25) is 0 Å². The van der Waals surface area contributed by atoms with Crippen molar-refractivity contribution >= 4 is 0 Å². The first-order chi connectivity index (χ1) is 2.91. The van der Waals surface area contributed by atoms with Gasteiger partial charge < -0.3 is 10.2 Å². The minimum atomic E-state index is 0.659. The summed E-state index contributed by atoms with van der Waals surface area (Å²) in [5.41, 5.74) is 4.15. The van der Waals surface area contributed by atoms with Crippen LogP contribution in [0.4, 0.5) is 0 Å². The summed E-state index contributed by atoms with van der Waals surface area (Å²) in [6.07, 6.45) is 1.32. The highest BCUT2D eigenvalue weighted by Crippen LogP contribution is 1.50.